The lowest BCUT2D eigenvalue weighted by Crippen LogP contribution is -2.18. The Hall–Kier alpha value is -2.13. The molecule has 2 aromatic rings. The van der Waals surface area contributed by atoms with Gasteiger partial charge in [-0.1, -0.05) is 36.4 Å². The van der Waals surface area contributed by atoms with Crippen molar-refractivity contribution in [2.24, 2.45) is 0 Å². The van der Waals surface area contributed by atoms with Crippen LogP contribution in [0.2, 0.25) is 0 Å². The molecular formula is C19H21NO2. The molecule has 1 aliphatic rings. The SMILES string of the molecule is O=C(CC1CCCc2ccccc21)Nc1cccc(CO)c1. The normalized spacial score (nSPS) is 16.9. The highest BCUT2D eigenvalue weighted by atomic mass is 16.3. The number of benzene rings is 2. The number of fused-ring (bicyclic) bond motifs is 1. The molecule has 1 unspecified atom stereocenters. The summed E-state index contributed by atoms with van der Waals surface area (Å²) in [5, 5.41) is 12.1. The molecule has 0 saturated carbocycles. The Morgan fingerprint density at radius 1 is 1.18 bits per heavy atom. The lowest BCUT2D eigenvalue weighted by molar-refractivity contribution is -0.116. The van der Waals surface area contributed by atoms with Gasteiger partial charge in [-0.3, -0.25) is 4.79 Å². The van der Waals surface area contributed by atoms with E-state index < -0.39 is 0 Å². The Bertz CT molecular complexity index is 666. The average molecular weight is 295 g/mol. The minimum absolute atomic E-state index is 0.0142. The predicted molar refractivity (Wildman–Crippen MR) is 87.7 cm³/mol. The van der Waals surface area contributed by atoms with Crippen LogP contribution in [-0.2, 0) is 17.8 Å². The molecule has 2 aromatic carbocycles. The molecule has 1 atom stereocenters. The van der Waals surface area contributed by atoms with Gasteiger partial charge in [0.15, 0.2) is 0 Å². The lowest BCUT2D eigenvalue weighted by atomic mass is 9.81. The van der Waals surface area contributed by atoms with E-state index in [1.807, 2.05) is 24.3 Å². The number of aliphatic hydroxyl groups excluding tert-OH is 1. The van der Waals surface area contributed by atoms with Gasteiger partial charge in [-0.2, -0.15) is 0 Å². The number of rotatable bonds is 4. The quantitative estimate of drug-likeness (QED) is 0.905. The molecule has 0 aliphatic heterocycles. The van der Waals surface area contributed by atoms with Gasteiger partial charge in [0, 0.05) is 12.1 Å². The van der Waals surface area contributed by atoms with Crippen LogP contribution >= 0.6 is 0 Å². The first-order valence-corrected chi connectivity index (χ1v) is 7.83. The van der Waals surface area contributed by atoms with Gasteiger partial charge < -0.3 is 10.4 Å². The summed E-state index contributed by atoms with van der Waals surface area (Å²) >= 11 is 0. The van der Waals surface area contributed by atoms with Crippen LogP contribution < -0.4 is 5.32 Å². The molecule has 114 valence electrons. The summed E-state index contributed by atoms with van der Waals surface area (Å²) in [5.41, 5.74) is 4.27. The second-order valence-electron chi connectivity index (χ2n) is 5.90. The fourth-order valence-electron chi connectivity index (χ4n) is 3.25. The van der Waals surface area contributed by atoms with Gasteiger partial charge in [-0.25, -0.2) is 0 Å². The number of nitrogens with one attached hydrogen (secondary N) is 1. The molecule has 1 aliphatic carbocycles. The Kier molecular flexibility index (Phi) is 4.54. The third-order valence-electron chi connectivity index (χ3n) is 4.32. The first-order chi connectivity index (χ1) is 10.8. The number of amides is 1. The molecule has 22 heavy (non-hydrogen) atoms. The van der Waals surface area contributed by atoms with Crippen molar-refractivity contribution < 1.29 is 9.90 Å². The van der Waals surface area contributed by atoms with E-state index in [0.717, 1.165) is 30.5 Å². The summed E-state index contributed by atoms with van der Waals surface area (Å²) in [6, 6.07) is 15.8. The van der Waals surface area contributed by atoms with E-state index in [0.29, 0.717) is 12.3 Å². The van der Waals surface area contributed by atoms with Crippen molar-refractivity contribution in [1.29, 1.82) is 0 Å². The number of aryl methyl sites for hydroxylation is 1. The van der Waals surface area contributed by atoms with Crippen molar-refractivity contribution in [2.45, 2.75) is 38.2 Å². The lowest BCUT2D eigenvalue weighted by Gasteiger charge is -2.25. The number of anilines is 1. The number of aliphatic hydroxyl groups is 1. The third-order valence-corrected chi connectivity index (χ3v) is 4.32. The molecule has 0 bridgehead atoms. The second kappa shape index (κ2) is 6.75. The van der Waals surface area contributed by atoms with Crippen molar-refractivity contribution in [3.8, 4) is 0 Å². The van der Waals surface area contributed by atoms with E-state index in [2.05, 4.69) is 29.6 Å². The van der Waals surface area contributed by atoms with Gasteiger partial charge in [0.2, 0.25) is 5.91 Å². The molecule has 0 heterocycles. The largest absolute Gasteiger partial charge is 0.392 e. The van der Waals surface area contributed by atoms with E-state index in [1.165, 1.54) is 11.1 Å². The molecule has 2 N–H and O–H groups in total. The zero-order valence-electron chi connectivity index (χ0n) is 12.6. The number of hydrogen-bond donors (Lipinski definition) is 2. The molecule has 0 radical (unpaired) electrons. The van der Waals surface area contributed by atoms with Crippen LogP contribution in [0.5, 0.6) is 0 Å². The Morgan fingerprint density at radius 2 is 2.05 bits per heavy atom. The van der Waals surface area contributed by atoms with Gasteiger partial charge in [0.05, 0.1) is 6.61 Å². The topological polar surface area (TPSA) is 49.3 Å². The Balaban J connectivity index is 1.67. The number of carbonyl (C=O) groups excluding carboxylic acids is 1. The molecule has 0 spiro atoms. The van der Waals surface area contributed by atoms with Crippen molar-refractivity contribution in [1.82, 2.24) is 0 Å². The minimum Gasteiger partial charge on any atom is -0.392 e. The van der Waals surface area contributed by atoms with Crippen LogP contribution in [0.3, 0.4) is 0 Å². The second-order valence-corrected chi connectivity index (χ2v) is 5.90. The third kappa shape index (κ3) is 3.37. The van der Waals surface area contributed by atoms with Crippen LogP contribution in [0.1, 0.15) is 41.9 Å². The highest BCUT2D eigenvalue weighted by molar-refractivity contribution is 5.91. The molecule has 0 fully saturated rings. The van der Waals surface area contributed by atoms with E-state index in [1.54, 1.807) is 0 Å². The fourth-order valence-corrected chi connectivity index (χ4v) is 3.25. The smallest absolute Gasteiger partial charge is 0.224 e. The van der Waals surface area contributed by atoms with Gasteiger partial charge in [0.1, 0.15) is 0 Å². The molecule has 3 heteroatoms. The van der Waals surface area contributed by atoms with Crippen LogP contribution in [-0.4, -0.2) is 11.0 Å². The summed E-state index contributed by atoms with van der Waals surface area (Å²) < 4.78 is 0. The summed E-state index contributed by atoms with van der Waals surface area (Å²) in [6.45, 7) is -0.0142. The highest BCUT2D eigenvalue weighted by Gasteiger charge is 2.22. The first kappa shape index (κ1) is 14.8. The maximum Gasteiger partial charge on any atom is 0.224 e. The van der Waals surface area contributed by atoms with Gasteiger partial charge in [-0.05, 0) is 54.0 Å². The van der Waals surface area contributed by atoms with Gasteiger partial charge in [0.25, 0.3) is 0 Å². The minimum atomic E-state index is -0.0142. The van der Waals surface area contributed by atoms with Crippen molar-refractivity contribution >= 4 is 11.6 Å². The van der Waals surface area contributed by atoms with Crippen molar-refractivity contribution in [2.75, 3.05) is 5.32 Å². The monoisotopic (exact) mass is 295 g/mol. The zero-order valence-corrected chi connectivity index (χ0v) is 12.6. The van der Waals surface area contributed by atoms with Crippen molar-refractivity contribution in [3.63, 3.8) is 0 Å². The maximum atomic E-state index is 12.3. The van der Waals surface area contributed by atoms with Crippen molar-refractivity contribution in [3.05, 3.63) is 65.2 Å². The molecule has 0 aromatic heterocycles. The van der Waals surface area contributed by atoms with E-state index in [-0.39, 0.29) is 12.5 Å². The molecule has 3 nitrogen and oxygen atoms in total. The standard InChI is InChI=1S/C19H21NO2/c21-13-14-5-3-9-17(11-14)20-19(22)12-16-8-4-7-15-6-1-2-10-18(15)16/h1-3,5-6,9-11,16,21H,4,7-8,12-13H2,(H,20,22). The average Bonchev–Trinajstić information content (AvgIpc) is 2.55. The fraction of sp³-hybridized carbons (Fsp3) is 0.316. The highest BCUT2D eigenvalue weighted by Crippen LogP contribution is 2.34. The van der Waals surface area contributed by atoms with E-state index in [9.17, 15) is 4.79 Å². The van der Waals surface area contributed by atoms with Crippen LogP contribution in [0, 0.1) is 0 Å². The molecule has 3 rings (SSSR count). The van der Waals surface area contributed by atoms with Crippen LogP contribution in [0.4, 0.5) is 5.69 Å². The van der Waals surface area contributed by atoms with E-state index in [4.69, 9.17) is 5.11 Å². The summed E-state index contributed by atoms with van der Waals surface area (Å²) in [4.78, 5) is 12.3. The Labute approximate surface area is 131 Å². The predicted octanol–water partition coefficient (Wildman–Crippen LogP) is 3.63. The van der Waals surface area contributed by atoms with Gasteiger partial charge >= 0.3 is 0 Å². The number of hydrogen-bond acceptors (Lipinski definition) is 2. The zero-order chi connectivity index (χ0) is 15.4. The molecule has 1 amide bonds. The van der Waals surface area contributed by atoms with Crippen LogP contribution in [0.25, 0.3) is 0 Å². The van der Waals surface area contributed by atoms with E-state index >= 15 is 0 Å². The molecule has 0 saturated heterocycles. The molecular weight excluding hydrogens is 274 g/mol. The summed E-state index contributed by atoms with van der Waals surface area (Å²) in [6.07, 6.45) is 3.85. The Morgan fingerprint density at radius 3 is 2.91 bits per heavy atom. The first-order valence-electron chi connectivity index (χ1n) is 7.83. The summed E-state index contributed by atoms with van der Waals surface area (Å²) in [7, 11) is 0. The van der Waals surface area contributed by atoms with Crippen LogP contribution in [0.15, 0.2) is 48.5 Å². The maximum absolute atomic E-state index is 12.3. The number of carbonyl (C=O) groups is 1. The summed E-state index contributed by atoms with van der Waals surface area (Å²) in [5.74, 6) is 0.350. The van der Waals surface area contributed by atoms with Gasteiger partial charge in [-0.15, -0.1) is 0 Å².